The van der Waals surface area contributed by atoms with Crippen LogP contribution in [0.2, 0.25) is 0 Å². The molecular formula is C29H36N2O4. The molecule has 0 spiro atoms. The summed E-state index contributed by atoms with van der Waals surface area (Å²) in [4.78, 5) is 42.1. The molecule has 2 aliphatic rings. The van der Waals surface area contributed by atoms with Crippen molar-refractivity contribution >= 4 is 23.5 Å². The Morgan fingerprint density at radius 3 is 2.26 bits per heavy atom. The zero-order valence-corrected chi connectivity index (χ0v) is 20.7. The summed E-state index contributed by atoms with van der Waals surface area (Å²) < 4.78 is 5.15. The van der Waals surface area contributed by atoms with Gasteiger partial charge in [0.15, 0.2) is 0 Å². The Labute approximate surface area is 208 Å². The van der Waals surface area contributed by atoms with Gasteiger partial charge in [-0.15, -0.1) is 0 Å². The Morgan fingerprint density at radius 1 is 0.886 bits per heavy atom. The number of hydrogen-bond acceptors (Lipinski definition) is 4. The maximum Gasteiger partial charge on any atom is 0.310 e. The first-order valence-electron chi connectivity index (χ1n) is 12.9. The number of likely N-dealkylation sites (tertiary alicyclic amines) is 1. The highest BCUT2D eigenvalue weighted by atomic mass is 16.5. The third kappa shape index (κ3) is 6.50. The van der Waals surface area contributed by atoms with Gasteiger partial charge in [0.05, 0.1) is 25.5 Å². The summed E-state index contributed by atoms with van der Waals surface area (Å²) in [5, 5.41) is 0. The molecule has 1 unspecified atom stereocenters. The lowest BCUT2D eigenvalue weighted by Crippen LogP contribution is -2.43. The van der Waals surface area contributed by atoms with Gasteiger partial charge in [-0.1, -0.05) is 55.3 Å². The van der Waals surface area contributed by atoms with E-state index in [-0.39, 0.29) is 36.0 Å². The highest BCUT2D eigenvalue weighted by Crippen LogP contribution is 2.30. The second-order valence-corrected chi connectivity index (χ2v) is 9.67. The largest absolute Gasteiger partial charge is 0.466 e. The molecule has 0 aromatic heterocycles. The first-order valence-corrected chi connectivity index (χ1v) is 12.9. The van der Waals surface area contributed by atoms with Crippen LogP contribution in [0.1, 0.15) is 56.6 Å². The number of hydrogen-bond donors (Lipinski definition) is 0. The lowest BCUT2D eigenvalue weighted by atomic mass is 9.97. The van der Waals surface area contributed by atoms with Gasteiger partial charge in [0, 0.05) is 24.7 Å². The fraction of sp³-hybridized carbons (Fsp3) is 0.483. The maximum atomic E-state index is 13.4. The summed E-state index contributed by atoms with van der Waals surface area (Å²) in [7, 11) is 0. The van der Waals surface area contributed by atoms with E-state index in [0.717, 1.165) is 55.3 Å². The van der Waals surface area contributed by atoms with Crippen molar-refractivity contribution in [2.75, 3.05) is 24.6 Å². The molecule has 1 aliphatic heterocycles. The fourth-order valence-electron chi connectivity index (χ4n) is 5.19. The predicted octanol–water partition coefficient (Wildman–Crippen LogP) is 4.75. The molecule has 1 aliphatic carbocycles. The molecule has 2 aromatic rings. The Balaban J connectivity index is 1.43. The quantitative estimate of drug-likeness (QED) is 0.516. The van der Waals surface area contributed by atoms with E-state index in [1.165, 1.54) is 0 Å². The number of esters is 1. The number of amides is 2. The number of anilines is 1. The summed E-state index contributed by atoms with van der Waals surface area (Å²) in [6, 6.07) is 17.9. The van der Waals surface area contributed by atoms with Crippen molar-refractivity contribution in [3.63, 3.8) is 0 Å². The van der Waals surface area contributed by atoms with Crippen LogP contribution in [0.25, 0.3) is 0 Å². The summed E-state index contributed by atoms with van der Waals surface area (Å²) in [6.45, 7) is 3.80. The number of ether oxygens (including phenoxy) is 1. The van der Waals surface area contributed by atoms with E-state index in [1.807, 2.05) is 59.5 Å². The van der Waals surface area contributed by atoms with Crippen LogP contribution in [0.15, 0.2) is 54.6 Å². The number of carbonyl (C=O) groups excluding carboxylic acids is 3. The SMILES string of the molecule is CCOC(=O)C1CCCN(C(=O)Cc2ccc(N(Cc3ccccc3)C(=O)C3CCCC3)cc2)C1. The topological polar surface area (TPSA) is 66.9 Å². The lowest BCUT2D eigenvalue weighted by molar-refractivity contribution is -0.151. The van der Waals surface area contributed by atoms with E-state index in [2.05, 4.69) is 0 Å². The van der Waals surface area contributed by atoms with Crippen LogP contribution in [-0.4, -0.2) is 42.4 Å². The third-order valence-corrected chi connectivity index (χ3v) is 7.15. The van der Waals surface area contributed by atoms with Gasteiger partial charge in [-0.3, -0.25) is 14.4 Å². The number of rotatable bonds is 8. The monoisotopic (exact) mass is 476 g/mol. The zero-order chi connectivity index (χ0) is 24.6. The van der Waals surface area contributed by atoms with Gasteiger partial charge in [-0.05, 0) is 55.9 Å². The molecule has 1 heterocycles. The van der Waals surface area contributed by atoms with Crippen molar-refractivity contribution in [2.45, 2.75) is 58.4 Å². The fourth-order valence-corrected chi connectivity index (χ4v) is 5.19. The van der Waals surface area contributed by atoms with Crippen LogP contribution in [0.3, 0.4) is 0 Å². The molecule has 0 N–H and O–H groups in total. The number of nitrogens with zero attached hydrogens (tertiary/aromatic N) is 2. The molecule has 0 radical (unpaired) electrons. The summed E-state index contributed by atoms with van der Waals surface area (Å²) >= 11 is 0. The van der Waals surface area contributed by atoms with E-state index >= 15 is 0 Å². The van der Waals surface area contributed by atoms with E-state index in [4.69, 9.17) is 4.74 Å². The number of piperidine rings is 1. The van der Waals surface area contributed by atoms with Gasteiger partial charge in [-0.25, -0.2) is 0 Å². The van der Waals surface area contributed by atoms with Gasteiger partial charge < -0.3 is 14.5 Å². The molecule has 4 rings (SSSR count). The second kappa shape index (κ2) is 12.0. The van der Waals surface area contributed by atoms with E-state index in [9.17, 15) is 14.4 Å². The minimum Gasteiger partial charge on any atom is -0.466 e. The highest BCUT2D eigenvalue weighted by Gasteiger charge is 2.30. The normalized spacial score (nSPS) is 18.3. The molecule has 2 aromatic carbocycles. The van der Waals surface area contributed by atoms with Crippen molar-refractivity contribution in [3.05, 3.63) is 65.7 Å². The van der Waals surface area contributed by atoms with Crippen molar-refractivity contribution in [3.8, 4) is 0 Å². The average molecular weight is 477 g/mol. The molecule has 1 atom stereocenters. The van der Waals surface area contributed by atoms with Crippen LogP contribution in [0, 0.1) is 11.8 Å². The Hall–Kier alpha value is -3.15. The van der Waals surface area contributed by atoms with Gasteiger partial charge in [0.1, 0.15) is 0 Å². The molecule has 1 saturated heterocycles. The molecule has 6 nitrogen and oxygen atoms in total. The minimum absolute atomic E-state index is 0.0231. The molecule has 2 fully saturated rings. The first kappa shape index (κ1) is 25.0. The summed E-state index contributed by atoms with van der Waals surface area (Å²) in [5.41, 5.74) is 2.87. The third-order valence-electron chi connectivity index (χ3n) is 7.15. The van der Waals surface area contributed by atoms with Crippen molar-refractivity contribution < 1.29 is 19.1 Å². The Kier molecular flexibility index (Phi) is 8.56. The van der Waals surface area contributed by atoms with Crippen molar-refractivity contribution in [1.82, 2.24) is 4.90 Å². The van der Waals surface area contributed by atoms with Crippen molar-refractivity contribution in [2.24, 2.45) is 11.8 Å². The molecule has 6 heteroatoms. The van der Waals surface area contributed by atoms with E-state index < -0.39 is 0 Å². The lowest BCUT2D eigenvalue weighted by Gasteiger charge is -2.31. The maximum absolute atomic E-state index is 13.4. The molecule has 35 heavy (non-hydrogen) atoms. The van der Waals surface area contributed by atoms with Gasteiger partial charge >= 0.3 is 5.97 Å². The van der Waals surface area contributed by atoms with Crippen LogP contribution < -0.4 is 4.90 Å². The zero-order valence-electron chi connectivity index (χ0n) is 20.7. The van der Waals surface area contributed by atoms with Crippen molar-refractivity contribution in [1.29, 1.82) is 0 Å². The van der Waals surface area contributed by atoms with Gasteiger partial charge in [0.2, 0.25) is 11.8 Å². The Morgan fingerprint density at radius 2 is 1.57 bits per heavy atom. The second-order valence-electron chi connectivity index (χ2n) is 9.67. The van der Waals surface area contributed by atoms with Crippen LogP contribution >= 0.6 is 0 Å². The average Bonchev–Trinajstić information content (AvgIpc) is 3.43. The molecule has 2 amide bonds. The minimum atomic E-state index is -0.233. The standard InChI is InChI=1S/C29H36N2O4/c1-2-35-29(34)25-13-8-18-30(21-25)27(32)19-22-14-16-26(17-15-22)31(20-23-9-4-3-5-10-23)28(33)24-11-6-7-12-24/h3-5,9-10,14-17,24-25H,2,6-8,11-13,18-21H2,1H3. The Bertz CT molecular complexity index is 999. The van der Waals surface area contributed by atoms with Crippen LogP contribution in [-0.2, 0) is 32.1 Å². The molecule has 0 bridgehead atoms. The number of benzene rings is 2. The van der Waals surface area contributed by atoms with Gasteiger partial charge in [0.25, 0.3) is 0 Å². The van der Waals surface area contributed by atoms with Gasteiger partial charge in [-0.2, -0.15) is 0 Å². The molecule has 1 saturated carbocycles. The predicted molar refractivity (Wildman–Crippen MR) is 136 cm³/mol. The van der Waals surface area contributed by atoms with Crippen LogP contribution in [0.5, 0.6) is 0 Å². The van der Waals surface area contributed by atoms with Crippen LogP contribution in [0.4, 0.5) is 5.69 Å². The first-order chi connectivity index (χ1) is 17.0. The van der Waals surface area contributed by atoms with E-state index in [0.29, 0.717) is 26.2 Å². The highest BCUT2D eigenvalue weighted by molar-refractivity contribution is 5.95. The summed E-state index contributed by atoms with van der Waals surface area (Å²) in [5.74, 6) is -0.141. The summed E-state index contributed by atoms with van der Waals surface area (Å²) in [6.07, 6.45) is 6.01. The molecule has 186 valence electrons. The smallest absolute Gasteiger partial charge is 0.310 e. The van der Waals surface area contributed by atoms with E-state index in [1.54, 1.807) is 11.8 Å². The molecular weight excluding hydrogens is 440 g/mol. The number of carbonyl (C=O) groups is 3.